The van der Waals surface area contributed by atoms with E-state index in [-0.39, 0.29) is 17.9 Å². The number of likely N-dealkylation sites (tertiary alicyclic amines) is 1. The molecular weight excluding hydrogens is 412 g/mol. The molecular formula is C27H34N4O2. The Balaban J connectivity index is 1.30. The van der Waals surface area contributed by atoms with Crippen LogP contribution in [0.15, 0.2) is 47.0 Å². The molecule has 2 heterocycles. The van der Waals surface area contributed by atoms with Crippen molar-refractivity contribution in [3.8, 4) is 11.4 Å². The van der Waals surface area contributed by atoms with Crippen molar-refractivity contribution < 1.29 is 9.32 Å². The highest BCUT2D eigenvalue weighted by atomic mass is 16.5. The van der Waals surface area contributed by atoms with Crippen molar-refractivity contribution in [3.05, 3.63) is 70.6 Å². The van der Waals surface area contributed by atoms with E-state index in [0.29, 0.717) is 18.3 Å². The van der Waals surface area contributed by atoms with Gasteiger partial charge < -0.3 is 9.84 Å². The van der Waals surface area contributed by atoms with Gasteiger partial charge in [-0.1, -0.05) is 60.1 Å². The van der Waals surface area contributed by atoms with E-state index in [1.54, 1.807) is 0 Å². The molecule has 1 N–H and O–H groups in total. The number of carbonyl (C=O) groups excluding carboxylic acids is 1. The summed E-state index contributed by atoms with van der Waals surface area (Å²) in [6, 6.07) is 14.6. The van der Waals surface area contributed by atoms with Crippen molar-refractivity contribution in [2.45, 2.75) is 59.5 Å². The molecule has 6 heteroatoms. The largest absolute Gasteiger partial charge is 0.349 e. The van der Waals surface area contributed by atoms with Crippen molar-refractivity contribution in [2.75, 3.05) is 13.1 Å². The number of nitrogens with one attached hydrogen (secondary N) is 1. The van der Waals surface area contributed by atoms with Gasteiger partial charge in [0.2, 0.25) is 17.6 Å². The summed E-state index contributed by atoms with van der Waals surface area (Å²) in [6.45, 7) is 10.7. The zero-order chi connectivity index (χ0) is 23.4. The van der Waals surface area contributed by atoms with E-state index in [1.807, 2.05) is 31.2 Å². The van der Waals surface area contributed by atoms with Crippen molar-refractivity contribution in [2.24, 2.45) is 5.92 Å². The van der Waals surface area contributed by atoms with Crippen LogP contribution in [0.4, 0.5) is 0 Å². The zero-order valence-corrected chi connectivity index (χ0v) is 20.1. The second-order valence-electron chi connectivity index (χ2n) is 9.21. The lowest BCUT2D eigenvalue weighted by atomic mass is 9.93. The van der Waals surface area contributed by atoms with Crippen LogP contribution in [0.3, 0.4) is 0 Å². The Bertz CT molecular complexity index is 1100. The monoisotopic (exact) mass is 446 g/mol. The second-order valence-corrected chi connectivity index (χ2v) is 9.21. The van der Waals surface area contributed by atoms with Crippen molar-refractivity contribution in [1.82, 2.24) is 20.4 Å². The molecule has 0 radical (unpaired) electrons. The Morgan fingerprint density at radius 1 is 1.12 bits per heavy atom. The molecule has 3 aromatic rings. The maximum Gasteiger partial charge on any atom is 0.241 e. The minimum absolute atomic E-state index is 0.0475. The number of carbonyl (C=O) groups is 1. The highest BCUT2D eigenvalue weighted by molar-refractivity contribution is 5.79. The molecule has 174 valence electrons. The van der Waals surface area contributed by atoms with E-state index in [9.17, 15) is 4.79 Å². The molecule has 0 spiro atoms. The molecule has 1 saturated heterocycles. The van der Waals surface area contributed by atoms with Gasteiger partial charge in [-0.05, 0) is 69.8 Å². The number of rotatable bonds is 7. The zero-order valence-electron chi connectivity index (χ0n) is 20.1. The van der Waals surface area contributed by atoms with Crippen molar-refractivity contribution in [1.29, 1.82) is 0 Å². The summed E-state index contributed by atoms with van der Waals surface area (Å²) in [7, 11) is 0. The number of piperidine rings is 1. The van der Waals surface area contributed by atoms with Gasteiger partial charge >= 0.3 is 0 Å². The highest BCUT2D eigenvalue weighted by Gasteiger charge is 2.27. The third-order valence-electron chi connectivity index (χ3n) is 6.70. The summed E-state index contributed by atoms with van der Waals surface area (Å²) in [4.78, 5) is 19.9. The minimum atomic E-state index is 0.0475. The molecule has 1 fully saturated rings. The number of amides is 1. The van der Waals surface area contributed by atoms with Gasteiger partial charge in [0.05, 0.1) is 12.6 Å². The van der Waals surface area contributed by atoms with Gasteiger partial charge in [0.15, 0.2) is 0 Å². The van der Waals surface area contributed by atoms with Crippen LogP contribution in [0.25, 0.3) is 11.4 Å². The molecule has 0 saturated carbocycles. The summed E-state index contributed by atoms with van der Waals surface area (Å²) in [5.41, 5.74) is 5.83. The first kappa shape index (κ1) is 23.2. The molecule has 4 rings (SSSR count). The molecule has 1 aromatic heterocycles. The lowest BCUT2D eigenvalue weighted by Gasteiger charge is -2.31. The van der Waals surface area contributed by atoms with Gasteiger partial charge in [-0.25, -0.2) is 0 Å². The minimum Gasteiger partial charge on any atom is -0.349 e. The van der Waals surface area contributed by atoms with E-state index >= 15 is 0 Å². The number of aromatic nitrogens is 2. The summed E-state index contributed by atoms with van der Waals surface area (Å²) >= 11 is 0. The number of aryl methyl sites for hydroxylation is 3. The molecule has 1 aliphatic rings. The molecule has 0 aliphatic carbocycles. The smallest absolute Gasteiger partial charge is 0.241 e. The second kappa shape index (κ2) is 10.3. The topological polar surface area (TPSA) is 71.3 Å². The predicted molar refractivity (Wildman–Crippen MR) is 130 cm³/mol. The third-order valence-corrected chi connectivity index (χ3v) is 6.70. The molecule has 1 amide bonds. The standard InChI is InChI=1S/C27H34N4O2/c1-5-24(22-11-10-18(2)16-20(22)4)28-27(32)21-12-14-31(15-13-21)17-25-29-26(30-33-25)23-9-7-6-8-19(23)3/h6-11,16,21,24H,5,12-15,17H2,1-4H3,(H,28,32). The van der Waals surface area contributed by atoms with Gasteiger partial charge in [-0.2, -0.15) is 4.98 Å². The third kappa shape index (κ3) is 5.50. The maximum absolute atomic E-state index is 13.0. The van der Waals surface area contributed by atoms with Crippen LogP contribution in [-0.4, -0.2) is 34.0 Å². The van der Waals surface area contributed by atoms with Crippen LogP contribution in [-0.2, 0) is 11.3 Å². The van der Waals surface area contributed by atoms with Crippen molar-refractivity contribution >= 4 is 5.91 Å². The first-order valence-corrected chi connectivity index (χ1v) is 11.9. The summed E-state index contributed by atoms with van der Waals surface area (Å²) in [5.74, 6) is 1.47. The molecule has 1 aliphatic heterocycles. The maximum atomic E-state index is 13.0. The first-order valence-electron chi connectivity index (χ1n) is 11.9. The average molecular weight is 447 g/mol. The normalized spacial score (nSPS) is 16.0. The first-order chi connectivity index (χ1) is 15.9. The lowest BCUT2D eigenvalue weighted by Crippen LogP contribution is -2.41. The number of hydrogen-bond donors (Lipinski definition) is 1. The molecule has 0 bridgehead atoms. The Morgan fingerprint density at radius 3 is 2.58 bits per heavy atom. The predicted octanol–water partition coefficient (Wildman–Crippen LogP) is 5.14. The van der Waals surface area contributed by atoms with Gasteiger partial charge in [0, 0.05) is 11.5 Å². The van der Waals surface area contributed by atoms with E-state index in [1.165, 1.54) is 16.7 Å². The molecule has 1 atom stereocenters. The Kier molecular flexibility index (Phi) is 7.23. The van der Waals surface area contributed by atoms with Gasteiger partial charge in [0.1, 0.15) is 0 Å². The average Bonchev–Trinajstić information content (AvgIpc) is 3.26. The van der Waals surface area contributed by atoms with Gasteiger partial charge in [-0.15, -0.1) is 0 Å². The quantitative estimate of drug-likeness (QED) is 0.544. The fourth-order valence-electron chi connectivity index (χ4n) is 4.70. The summed E-state index contributed by atoms with van der Waals surface area (Å²) in [5, 5.41) is 7.47. The Morgan fingerprint density at radius 2 is 1.88 bits per heavy atom. The van der Waals surface area contributed by atoms with Crippen LogP contribution < -0.4 is 5.32 Å². The van der Waals surface area contributed by atoms with E-state index in [2.05, 4.69) is 59.3 Å². The lowest BCUT2D eigenvalue weighted by molar-refractivity contribution is -0.127. The van der Waals surface area contributed by atoms with Crippen LogP contribution in [0.5, 0.6) is 0 Å². The number of nitrogens with zero attached hydrogens (tertiary/aromatic N) is 3. The SMILES string of the molecule is CCC(NC(=O)C1CCN(Cc2nc(-c3ccccc3C)no2)CC1)c1ccc(C)cc1C. The highest BCUT2D eigenvalue weighted by Crippen LogP contribution is 2.25. The van der Waals surface area contributed by atoms with E-state index in [0.717, 1.165) is 43.5 Å². The van der Waals surface area contributed by atoms with Crippen LogP contribution in [0.2, 0.25) is 0 Å². The number of benzene rings is 2. The van der Waals surface area contributed by atoms with Gasteiger partial charge in [-0.3, -0.25) is 9.69 Å². The summed E-state index contributed by atoms with van der Waals surface area (Å²) < 4.78 is 5.50. The van der Waals surface area contributed by atoms with Crippen LogP contribution in [0.1, 0.15) is 60.4 Å². The van der Waals surface area contributed by atoms with E-state index in [4.69, 9.17) is 4.52 Å². The van der Waals surface area contributed by atoms with Gasteiger partial charge in [0.25, 0.3) is 0 Å². The molecule has 6 nitrogen and oxygen atoms in total. The van der Waals surface area contributed by atoms with Crippen LogP contribution in [0, 0.1) is 26.7 Å². The molecule has 33 heavy (non-hydrogen) atoms. The fourth-order valence-corrected chi connectivity index (χ4v) is 4.70. The molecule has 2 aromatic carbocycles. The number of hydrogen-bond acceptors (Lipinski definition) is 5. The fraction of sp³-hybridized carbons (Fsp3) is 0.444. The van der Waals surface area contributed by atoms with Crippen LogP contribution >= 0.6 is 0 Å². The van der Waals surface area contributed by atoms with Crippen molar-refractivity contribution in [3.63, 3.8) is 0 Å². The summed E-state index contributed by atoms with van der Waals surface area (Å²) in [6.07, 6.45) is 2.57. The Hall–Kier alpha value is -2.99. The molecule has 1 unspecified atom stereocenters. The Labute approximate surface area is 196 Å². The van der Waals surface area contributed by atoms with E-state index < -0.39 is 0 Å².